The van der Waals surface area contributed by atoms with Crippen molar-refractivity contribution < 1.29 is 18.0 Å². The number of sulfonamides is 1. The zero-order chi connectivity index (χ0) is 22.0. The van der Waals surface area contributed by atoms with Gasteiger partial charge in [0.05, 0.1) is 18.2 Å². The van der Waals surface area contributed by atoms with E-state index in [2.05, 4.69) is 6.92 Å². The van der Waals surface area contributed by atoms with Gasteiger partial charge in [-0.25, -0.2) is 13.3 Å². The van der Waals surface area contributed by atoms with Crippen molar-refractivity contribution in [3.63, 3.8) is 0 Å². The van der Waals surface area contributed by atoms with Crippen LogP contribution in [0.1, 0.15) is 31.7 Å². The largest absolute Gasteiger partial charge is 0.289 e. The van der Waals surface area contributed by atoms with E-state index < -0.39 is 16.1 Å². The Labute approximate surface area is 187 Å². The number of piperazine rings is 1. The van der Waals surface area contributed by atoms with E-state index in [0.29, 0.717) is 36.1 Å². The van der Waals surface area contributed by atoms with Gasteiger partial charge in [0, 0.05) is 26.2 Å². The lowest BCUT2D eigenvalue weighted by Gasteiger charge is -2.36. The van der Waals surface area contributed by atoms with E-state index in [1.807, 2.05) is 29.2 Å². The highest BCUT2D eigenvalue weighted by atomic mass is 32.2. The van der Waals surface area contributed by atoms with Crippen LogP contribution in [0.15, 0.2) is 46.0 Å². The summed E-state index contributed by atoms with van der Waals surface area (Å²) < 4.78 is 27.2. The molecule has 0 radical (unpaired) electrons. The number of rotatable bonds is 7. The minimum Gasteiger partial charge on any atom is -0.289 e. The molecule has 0 bridgehead atoms. The van der Waals surface area contributed by atoms with Crippen molar-refractivity contribution in [3.05, 3.63) is 47.3 Å². The fourth-order valence-corrected chi connectivity index (χ4v) is 6.72. The molecule has 7 nitrogen and oxygen atoms in total. The first-order valence-electron chi connectivity index (χ1n) is 10.6. The predicted octanol–water partition coefficient (Wildman–Crippen LogP) is 2.73. The smallest absolute Gasteiger partial charge is 0.252 e. The van der Waals surface area contributed by atoms with Gasteiger partial charge in [0.15, 0.2) is 0 Å². The van der Waals surface area contributed by atoms with Crippen LogP contribution < -0.4 is 4.90 Å². The Bertz CT molecular complexity index is 1030. The molecule has 31 heavy (non-hydrogen) atoms. The molecule has 9 heteroatoms. The van der Waals surface area contributed by atoms with Crippen molar-refractivity contribution >= 4 is 38.9 Å². The quantitative estimate of drug-likeness (QED) is 0.593. The van der Waals surface area contributed by atoms with E-state index in [4.69, 9.17) is 0 Å². The minimum atomic E-state index is -3.49. The van der Waals surface area contributed by atoms with Gasteiger partial charge >= 0.3 is 0 Å². The van der Waals surface area contributed by atoms with Gasteiger partial charge in [0.25, 0.3) is 15.9 Å². The number of thiophene rings is 1. The van der Waals surface area contributed by atoms with Crippen LogP contribution in [0.4, 0.5) is 5.69 Å². The maximum Gasteiger partial charge on any atom is 0.252 e. The highest BCUT2D eigenvalue weighted by Crippen LogP contribution is 2.28. The highest BCUT2D eigenvalue weighted by molar-refractivity contribution is 7.91. The Hall–Kier alpha value is -2.07. The first-order chi connectivity index (χ1) is 14.9. The van der Waals surface area contributed by atoms with Crippen LogP contribution in [0, 0.1) is 0 Å². The molecule has 0 N–H and O–H groups in total. The lowest BCUT2D eigenvalue weighted by Crippen LogP contribution is -2.53. The molecule has 2 aliphatic rings. The predicted molar refractivity (Wildman–Crippen MR) is 121 cm³/mol. The lowest BCUT2D eigenvalue weighted by molar-refractivity contribution is -0.123. The third kappa shape index (κ3) is 4.45. The summed E-state index contributed by atoms with van der Waals surface area (Å²) in [4.78, 5) is 28.9. The van der Waals surface area contributed by atoms with Crippen LogP contribution in [-0.4, -0.2) is 61.7 Å². The van der Waals surface area contributed by atoms with E-state index in [0.717, 1.165) is 19.3 Å². The Morgan fingerprint density at radius 2 is 1.74 bits per heavy atom. The molecule has 1 aromatic carbocycles. The molecule has 2 fully saturated rings. The van der Waals surface area contributed by atoms with Crippen LogP contribution in [0.3, 0.4) is 0 Å². The number of amides is 2. The van der Waals surface area contributed by atoms with Gasteiger partial charge in [0.2, 0.25) is 5.91 Å². The topological polar surface area (TPSA) is 78.0 Å². The second kappa shape index (κ2) is 9.20. The average Bonchev–Trinajstić information content (AvgIpc) is 3.42. The van der Waals surface area contributed by atoms with Gasteiger partial charge in [-0.1, -0.05) is 31.5 Å². The Morgan fingerprint density at radius 1 is 1.03 bits per heavy atom. The SMILES string of the molecule is CCCCc1ccc(N2C(=O)CC(N3CCN(S(=O)(=O)c4cccs4)CC3)C2=O)cc1. The van der Waals surface area contributed by atoms with E-state index in [1.165, 1.54) is 26.1 Å². The number of anilines is 1. The number of carbonyl (C=O) groups is 2. The van der Waals surface area contributed by atoms with Gasteiger partial charge in [-0.15, -0.1) is 11.3 Å². The monoisotopic (exact) mass is 461 g/mol. The number of aryl methyl sites for hydroxylation is 1. The van der Waals surface area contributed by atoms with Gasteiger partial charge < -0.3 is 0 Å². The third-order valence-corrected chi connectivity index (χ3v) is 9.21. The van der Waals surface area contributed by atoms with E-state index in [1.54, 1.807) is 17.5 Å². The Balaban J connectivity index is 1.40. The number of unbranched alkanes of at least 4 members (excludes halogenated alkanes) is 1. The summed E-state index contributed by atoms with van der Waals surface area (Å²) in [7, 11) is -3.49. The van der Waals surface area contributed by atoms with Crippen LogP contribution in [0.5, 0.6) is 0 Å². The zero-order valence-electron chi connectivity index (χ0n) is 17.6. The van der Waals surface area contributed by atoms with Crippen molar-refractivity contribution in [1.29, 1.82) is 0 Å². The second-order valence-corrected chi connectivity index (χ2v) is 11.0. The van der Waals surface area contributed by atoms with Gasteiger partial charge in [-0.2, -0.15) is 4.31 Å². The molecule has 4 rings (SSSR count). The van der Waals surface area contributed by atoms with Gasteiger partial charge in [0.1, 0.15) is 4.21 Å². The normalized spacial score (nSPS) is 21.2. The van der Waals surface area contributed by atoms with E-state index in [9.17, 15) is 18.0 Å². The summed E-state index contributed by atoms with van der Waals surface area (Å²) in [5, 5.41) is 1.75. The molecule has 1 aromatic heterocycles. The summed E-state index contributed by atoms with van der Waals surface area (Å²) in [6.45, 7) is 3.62. The molecule has 3 heterocycles. The molecule has 0 saturated carbocycles. The highest BCUT2D eigenvalue weighted by Gasteiger charge is 2.44. The molecule has 166 valence electrons. The van der Waals surface area contributed by atoms with E-state index in [-0.39, 0.29) is 18.2 Å². The van der Waals surface area contributed by atoms with Crippen LogP contribution >= 0.6 is 11.3 Å². The molecular weight excluding hydrogens is 434 g/mol. The summed E-state index contributed by atoms with van der Waals surface area (Å²) in [6, 6.07) is 10.4. The standard InChI is InChI=1S/C22H27N3O4S2/c1-2-3-5-17-7-9-18(10-8-17)25-20(26)16-19(22(25)27)23-11-13-24(14-12-23)31(28,29)21-6-4-15-30-21/h4,6-10,15,19H,2-3,5,11-14,16H2,1H3. The Morgan fingerprint density at radius 3 is 2.35 bits per heavy atom. The van der Waals surface area contributed by atoms with Gasteiger partial charge in [-0.3, -0.25) is 14.5 Å². The fraction of sp³-hybridized carbons (Fsp3) is 0.455. The zero-order valence-corrected chi connectivity index (χ0v) is 19.2. The van der Waals surface area contributed by atoms with Crippen LogP contribution in [0.25, 0.3) is 0 Å². The molecule has 2 saturated heterocycles. The first kappa shape index (κ1) is 22.1. The van der Waals surface area contributed by atoms with Crippen LogP contribution in [-0.2, 0) is 26.0 Å². The fourth-order valence-electron chi connectivity index (χ4n) is 4.16. The molecule has 1 atom stereocenters. The lowest BCUT2D eigenvalue weighted by atomic mass is 10.1. The van der Waals surface area contributed by atoms with Crippen molar-refractivity contribution in [1.82, 2.24) is 9.21 Å². The summed E-state index contributed by atoms with van der Waals surface area (Å²) in [5.41, 5.74) is 1.81. The van der Waals surface area contributed by atoms with Crippen molar-refractivity contribution in [2.24, 2.45) is 0 Å². The average molecular weight is 462 g/mol. The van der Waals surface area contributed by atoms with Crippen molar-refractivity contribution in [3.8, 4) is 0 Å². The maximum atomic E-state index is 13.1. The number of hydrogen-bond acceptors (Lipinski definition) is 6. The van der Waals surface area contributed by atoms with Crippen LogP contribution in [0.2, 0.25) is 0 Å². The summed E-state index contributed by atoms with van der Waals surface area (Å²) in [5.74, 6) is -0.425. The maximum absolute atomic E-state index is 13.1. The van der Waals surface area contributed by atoms with Crippen molar-refractivity contribution in [2.75, 3.05) is 31.1 Å². The summed E-state index contributed by atoms with van der Waals surface area (Å²) in [6.07, 6.45) is 3.35. The molecule has 2 aromatic rings. The summed E-state index contributed by atoms with van der Waals surface area (Å²) >= 11 is 1.20. The number of benzene rings is 1. The second-order valence-electron chi connectivity index (χ2n) is 7.93. The number of carbonyl (C=O) groups excluding carboxylic acids is 2. The molecule has 2 aliphatic heterocycles. The number of nitrogens with zero attached hydrogens (tertiary/aromatic N) is 3. The third-order valence-electron chi connectivity index (χ3n) is 5.94. The molecule has 0 spiro atoms. The number of hydrogen-bond donors (Lipinski definition) is 0. The molecule has 0 aliphatic carbocycles. The molecule has 2 amide bonds. The van der Waals surface area contributed by atoms with E-state index >= 15 is 0 Å². The van der Waals surface area contributed by atoms with Gasteiger partial charge in [-0.05, 0) is 42.0 Å². The minimum absolute atomic E-state index is 0.133. The first-order valence-corrected chi connectivity index (χ1v) is 13.0. The van der Waals surface area contributed by atoms with Crippen molar-refractivity contribution in [2.45, 2.75) is 42.9 Å². The molecule has 1 unspecified atom stereocenters. The Kier molecular flexibility index (Phi) is 6.57. The molecular formula is C22H27N3O4S2. The number of imide groups is 1.